The van der Waals surface area contributed by atoms with Gasteiger partial charge >= 0.3 is 0 Å². The number of fused-ring (bicyclic) bond motifs is 1. The van der Waals surface area contributed by atoms with E-state index in [4.69, 9.17) is 4.74 Å². The van der Waals surface area contributed by atoms with Gasteiger partial charge in [0.05, 0.1) is 12.8 Å². The molecule has 0 unspecified atom stereocenters. The van der Waals surface area contributed by atoms with Gasteiger partial charge in [0.1, 0.15) is 11.4 Å². The molecule has 3 rings (SSSR count). The third-order valence-corrected chi connectivity index (χ3v) is 4.92. The van der Waals surface area contributed by atoms with E-state index in [2.05, 4.69) is 10.3 Å². The first-order valence-corrected chi connectivity index (χ1v) is 9.43. The molecule has 1 aliphatic rings. The maximum Gasteiger partial charge on any atom is 0.291 e. The highest BCUT2D eigenvalue weighted by Crippen LogP contribution is 2.23. The Morgan fingerprint density at radius 1 is 1.19 bits per heavy atom. The molecule has 0 aliphatic carbocycles. The number of aromatic nitrogens is 2. The van der Waals surface area contributed by atoms with Gasteiger partial charge < -0.3 is 19.5 Å². The van der Waals surface area contributed by atoms with Crippen LogP contribution in [0.15, 0.2) is 24.3 Å². The summed E-state index contributed by atoms with van der Waals surface area (Å²) in [5.74, 6) is 0.616. The highest BCUT2D eigenvalue weighted by atomic mass is 16.5. The highest BCUT2D eigenvalue weighted by molar-refractivity contribution is 6.03. The second kappa shape index (κ2) is 8.24. The van der Waals surface area contributed by atoms with Crippen molar-refractivity contribution in [3.63, 3.8) is 0 Å². The SMILES string of the molecule is CCN(CC)C(=O)c1nc(C(=O)Nc2ccc(OC)cc2)n2c1CCCC2. The van der Waals surface area contributed by atoms with Gasteiger partial charge in [-0.2, -0.15) is 0 Å². The van der Waals surface area contributed by atoms with E-state index in [-0.39, 0.29) is 11.8 Å². The molecule has 2 amide bonds. The molecule has 0 radical (unpaired) electrons. The van der Waals surface area contributed by atoms with Crippen LogP contribution in [0.25, 0.3) is 0 Å². The van der Waals surface area contributed by atoms with Gasteiger partial charge in [-0.25, -0.2) is 4.98 Å². The van der Waals surface area contributed by atoms with Gasteiger partial charge in [0.2, 0.25) is 0 Å². The topological polar surface area (TPSA) is 76.5 Å². The van der Waals surface area contributed by atoms with Crippen molar-refractivity contribution in [2.45, 2.75) is 39.7 Å². The number of benzene rings is 1. The first-order chi connectivity index (χ1) is 13.1. The van der Waals surface area contributed by atoms with Crippen molar-refractivity contribution in [2.24, 2.45) is 0 Å². The molecule has 1 N–H and O–H groups in total. The Labute approximate surface area is 159 Å². The summed E-state index contributed by atoms with van der Waals surface area (Å²) in [6.45, 7) is 5.84. The van der Waals surface area contributed by atoms with Crippen LogP contribution in [0.2, 0.25) is 0 Å². The molecule has 1 aromatic carbocycles. The third kappa shape index (κ3) is 3.82. The standard InChI is InChI=1S/C20H26N4O3/c1-4-23(5-2)20(26)17-16-8-6-7-13-24(16)18(22-17)19(25)21-14-9-11-15(27-3)12-10-14/h9-12H,4-8,13H2,1-3H3,(H,21,25). The molecule has 1 aromatic heterocycles. The monoisotopic (exact) mass is 370 g/mol. The van der Waals surface area contributed by atoms with Gasteiger partial charge in [0.15, 0.2) is 5.82 Å². The van der Waals surface area contributed by atoms with E-state index in [0.717, 1.165) is 30.7 Å². The van der Waals surface area contributed by atoms with Crippen molar-refractivity contribution < 1.29 is 14.3 Å². The minimum Gasteiger partial charge on any atom is -0.497 e. The summed E-state index contributed by atoms with van der Waals surface area (Å²) >= 11 is 0. The predicted octanol–water partition coefficient (Wildman–Crippen LogP) is 2.96. The van der Waals surface area contributed by atoms with Gasteiger partial charge in [0, 0.05) is 25.3 Å². The number of methoxy groups -OCH3 is 1. The Morgan fingerprint density at radius 3 is 2.52 bits per heavy atom. The highest BCUT2D eigenvalue weighted by Gasteiger charge is 2.29. The molecular weight excluding hydrogens is 344 g/mol. The van der Waals surface area contributed by atoms with Crippen molar-refractivity contribution in [2.75, 3.05) is 25.5 Å². The lowest BCUT2D eigenvalue weighted by Gasteiger charge is -2.20. The number of anilines is 1. The van der Waals surface area contributed by atoms with Crippen LogP contribution in [0.1, 0.15) is 53.5 Å². The van der Waals surface area contributed by atoms with E-state index >= 15 is 0 Å². The third-order valence-electron chi connectivity index (χ3n) is 4.92. The Balaban J connectivity index is 1.90. The largest absolute Gasteiger partial charge is 0.497 e. The van der Waals surface area contributed by atoms with Gasteiger partial charge in [-0.05, 0) is 57.4 Å². The minimum absolute atomic E-state index is 0.103. The number of hydrogen-bond acceptors (Lipinski definition) is 4. The number of hydrogen-bond donors (Lipinski definition) is 1. The molecule has 7 nitrogen and oxygen atoms in total. The van der Waals surface area contributed by atoms with Crippen LogP contribution in [-0.4, -0.2) is 46.5 Å². The summed E-state index contributed by atoms with van der Waals surface area (Å²) in [5.41, 5.74) is 1.95. The second-order valence-corrected chi connectivity index (χ2v) is 6.50. The zero-order valence-electron chi connectivity index (χ0n) is 16.1. The van der Waals surface area contributed by atoms with Crippen LogP contribution in [-0.2, 0) is 13.0 Å². The molecule has 0 saturated heterocycles. The normalized spacial score (nSPS) is 13.0. The van der Waals surface area contributed by atoms with Crippen LogP contribution >= 0.6 is 0 Å². The Morgan fingerprint density at radius 2 is 1.89 bits per heavy atom. The lowest BCUT2D eigenvalue weighted by molar-refractivity contribution is 0.0766. The molecule has 0 fully saturated rings. The quantitative estimate of drug-likeness (QED) is 0.848. The molecule has 144 valence electrons. The van der Waals surface area contributed by atoms with Crippen LogP contribution in [0.5, 0.6) is 5.75 Å². The van der Waals surface area contributed by atoms with E-state index in [1.54, 1.807) is 36.3 Å². The van der Waals surface area contributed by atoms with Gasteiger partial charge in [-0.3, -0.25) is 9.59 Å². The van der Waals surface area contributed by atoms with Gasteiger partial charge in [0.25, 0.3) is 11.8 Å². The van der Waals surface area contributed by atoms with Crippen LogP contribution in [0.4, 0.5) is 5.69 Å². The van der Waals surface area contributed by atoms with E-state index in [9.17, 15) is 9.59 Å². The molecule has 27 heavy (non-hydrogen) atoms. The Bertz CT molecular complexity index is 822. The number of amides is 2. The van der Waals surface area contributed by atoms with E-state index < -0.39 is 0 Å². The molecule has 7 heteroatoms. The zero-order chi connectivity index (χ0) is 19.4. The number of carbonyl (C=O) groups excluding carboxylic acids is 2. The number of ether oxygens (including phenoxy) is 1. The number of carbonyl (C=O) groups is 2. The summed E-state index contributed by atoms with van der Waals surface area (Å²) in [5, 5.41) is 2.87. The minimum atomic E-state index is -0.304. The summed E-state index contributed by atoms with van der Waals surface area (Å²) < 4.78 is 7.04. The van der Waals surface area contributed by atoms with Crippen molar-refractivity contribution in [3.8, 4) is 5.75 Å². The van der Waals surface area contributed by atoms with Crippen molar-refractivity contribution in [3.05, 3.63) is 41.5 Å². The molecule has 0 spiro atoms. The summed E-state index contributed by atoms with van der Waals surface area (Å²) in [6, 6.07) is 7.12. The fourth-order valence-corrected chi connectivity index (χ4v) is 3.41. The molecule has 0 saturated carbocycles. The first kappa shape index (κ1) is 18.9. The lowest BCUT2D eigenvalue weighted by Crippen LogP contribution is -2.31. The van der Waals surface area contributed by atoms with Crippen molar-refractivity contribution in [1.82, 2.24) is 14.5 Å². The maximum absolute atomic E-state index is 12.8. The van der Waals surface area contributed by atoms with Gasteiger partial charge in [-0.1, -0.05) is 0 Å². The van der Waals surface area contributed by atoms with Crippen molar-refractivity contribution >= 4 is 17.5 Å². The zero-order valence-corrected chi connectivity index (χ0v) is 16.1. The predicted molar refractivity (Wildman–Crippen MR) is 103 cm³/mol. The number of nitrogens with zero attached hydrogens (tertiary/aromatic N) is 3. The smallest absolute Gasteiger partial charge is 0.291 e. The lowest BCUT2D eigenvalue weighted by atomic mass is 10.1. The fraction of sp³-hybridized carbons (Fsp3) is 0.450. The number of imidazole rings is 1. The van der Waals surface area contributed by atoms with Crippen LogP contribution < -0.4 is 10.1 Å². The average Bonchev–Trinajstić information content (AvgIpc) is 3.09. The molecule has 2 aromatic rings. The van der Waals surface area contributed by atoms with E-state index in [0.29, 0.717) is 36.8 Å². The molecule has 2 heterocycles. The summed E-state index contributed by atoms with van der Waals surface area (Å²) in [7, 11) is 1.60. The number of nitrogens with one attached hydrogen (secondary N) is 1. The van der Waals surface area contributed by atoms with Crippen LogP contribution in [0, 0.1) is 0 Å². The van der Waals surface area contributed by atoms with Crippen molar-refractivity contribution in [1.29, 1.82) is 0 Å². The fourth-order valence-electron chi connectivity index (χ4n) is 3.41. The number of rotatable bonds is 6. The van der Waals surface area contributed by atoms with E-state index in [1.807, 2.05) is 18.4 Å². The first-order valence-electron chi connectivity index (χ1n) is 9.43. The van der Waals surface area contributed by atoms with E-state index in [1.165, 1.54) is 0 Å². The second-order valence-electron chi connectivity index (χ2n) is 6.50. The van der Waals surface area contributed by atoms with Gasteiger partial charge in [-0.15, -0.1) is 0 Å². The molecular formula is C20H26N4O3. The average molecular weight is 370 g/mol. The Kier molecular flexibility index (Phi) is 5.78. The maximum atomic E-state index is 12.8. The Hall–Kier alpha value is -2.83. The van der Waals surface area contributed by atoms with Crippen LogP contribution in [0.3, 0.4) is 0 Å². The summed E-state index contributed by atoms with van der Waals surface area (Å²) in [6.07, 6.45) is 2.75. The molecule has 1 aliphatic heterocycles. The molecule has 0 atom stereocenters. The molecule has 0 bridgehead atoms. The summed E-state index contributed by atoms with van der Waals surface area (Å²) in [4.78, 5) is 31.9.